The third-order valence-corrected chi connectivity index (χ3v) is 6.14. The second-order valence-corrected chi connectivity index (χ2v) is 10.3. The third-order valence-electron chi connectivity index (χ3n) is 6.14. The van der Waals surface area contributed by atoms with Crippen molar-refractivity contribution in [1.82, 2.24) is 21.3 Å². The molecule has 1 aromatic rings. The second kappa shape index (κ2) is 17.4. The van der Waals surface area contributed by atoms with Crippen LogP contribution >= 0.6 is 0 Å². The van der Waals surface area contributed by atoms with E-state index < -0.39 is 30.1 Å². The van der Waals surface area contributed by atoms with Gasteiger partial charge in [-0.05, 0) is 37.2 Å². The van der Waals surface area contributed by atoms with Crippen LogP contribution in [0.1, 0.15) is 66.4 Å². The summed E-state index contributed by atoms with van der Waals surface area (Å²) in [6.45, 7) is 12.0. The van der Waals surface area contributed by atoms with Crippen LogP contribution in [0.5, 0.6) is 0 Å². The Labute approximate surface area is 227 Å². The molecule has 10 nitrogen and oxygen atoms in total. The molecule has 0 unspecified atom stereocenters. The van der Waals surface area contributed by atoms with Crippen LogP contribution < -0.4 is 27.0 Å². The monoisotopic (exact) mass is 533 g/mol. The van der Waals surface area contributed by atoms with E-state index in [-0.39, 0.29) is 36.3 Å². The lowest BCUT2D eigenvalue weighted by molar-refractivity contribution is -0.129. The van der Waals surface area contributed by atoms with E-state index in [1.807, 2.05) is 65.0 Å². The lowest BCUT2D eigenvalue weighted by Crippen LogP contribution is -2.57. The van der Waals surface area contributed by atoms with Gasteiger partial charge in [0, 0.05) is 19.0 Å². The van der Waals surface area contributed by atoms with Crippen molar-refractivity contribution in [2.24, 2.45) is 17.6 Å². The smallest absolute Gasteiger partial charge is 0.407 e. The fourth-order valence-electron chi connectivity index (χ4n) is 3.98. The third kappa shape index (κ3) is 12.4. The number of amides is 4. The van der Waals surface area contributed by atoms with Crippen molar-refractivity contribution in [3.63, 3.8) is 0 Å². The summed E-state index contributed by atoms with van der Waals surface area (Å²) in [6, 6.07) is 6.97. The number of carbonyl (C=O) groups is 4. The Kier molecular flexibility index (Phi) is 15.0. The summed E-state index contributed by atoms with van der Waals surface area (Å²) in [4.78, 5) is 50.3. The molecule has 1 aromatic carbocycles. The van der Waals surface area contributed by atoms with Crippen LogP contribution in [0, 0.1) is 11.8 Å². The fraction of sp³-hybridized carbons (Fsp3) is 0.643. The molecule has 214 valence electrons. The minimum atomic E-state index is -0.834. The second-order valence-electron chi connectivity index (χ2n) is 10.3. The lowest BCUT2D eigenvalue weighted by Gasteiger charge is -2.28. The maximum atomic E-state index is 13.3. The first-order valence-corrected chi connectivity index (χ1v) is 13.6. The van der Waals surface area contributed by atoms with E-state index >= 15 is 0 Å². The summed E-state index contributed by atoms with van der Waals surface area (Å²) >= 11 is 0. The van der Waals surface area contributed by atoms with Crippen molar-refractivity contribution in [2.45, 2.75) is 91.4 Å². The number of primary amides is 1. The Hall–Kier alpha value is -3.14. The van der Waals surface area contributed by atoms with E-state index in [4.69, 9.17) is 10.5 Å². The van der Waals surface area contributed by atoms with E-state index in [2.05, 4.69) is 21.3 Å². The van der Waals surface area contributed by atoms with E-state index in [1.165, 1.54) is 0 Å². The molecule has 10 heteroatoms. The number of hydrogen-bond donors (Lipinski definition) is 5. The highest BCUT2D eigenvalue weighted by molar-refractivity contribution is 5.89. The van der Waals surface area contributed by atoms with Crippen LogP contribution in [0.25, 0.3) is 0 Å². The van der Waals surface area contributed by atoms with Crippen molar-refractivity contribution < 1.29 is 23.9 Å². The molecule has 0 bridgehead atoms. The first-order valence-electron chi connectivity index (χ1n) is 13.6. The number of benzene rings is 1. The zero-order chi connectivity index (χ0) is 28.7. The van der Waals surface area contributed by atoms with Crippen LogP contribution in [-0.4, -0.2) is 61.1 Å². The molecule has 0 spiro atoms. The predicted molar refractivity (Wildman–Crippen MR) is 148 cm³/mol. The molecular weight excluding hydrogens is 486 g/mol. The maximum Gasteiger partial charge on any atom is 0.407 e. The van der Waals surface area contributed by atoms with Gasteiger partial charge in [0.05, 0.1) is 12.6 Å². The van der Waals surface area contributed by atoms with Gasteiger partial charge in [-0.2, -0.15) is 0 Å². The van der Waals surface area contributed by atoms with Crippen LogP contribution in [-0.2, 0) is 25.5 Å². The van der Waals surface area contributed by atoms with Gasteiger partial charge >= 0.3 is 6.09 Å². The van der Waals surface area contributed by atoms with Gasteiger partial charge in [-0.3, -0.25) is 14.4 Å². The lowest BCUT2D eigenvalue weighted by atomic mass is 10.0. The molecule has 0 saturated carbocycles. The minimum Gasteiger partial charge on any atom is -0.450 e. The Morgan fingerprint density at radius 2 is 1.50 bits per heavy atom. The van der Waals surface area contributed by atoms with Crippen molar-refractivity contribution in [2.75, 3.05) is 13.2 Å². The SMILES string of the molecule is CCC[C@H](NC[C@@H](NC(=O)[C@H](Cc1ccccc1)NC(=O)OCC)C(C)C)C(=O)N[C@@H](CC(C)C)C(N)=O. The molecule has 0 fully saturated rings. The molecule has 38 heavy (non-hydrogen) atoms. The topological polar surface area (TPSA) is 152 Å². The zero-order valence-electron chi connectivity index (χ0n) is 23.7. The van der Waals surface area contributed by atoms with Gasteiger partial charge in [0.1, 0.15) is 12.1 Å². The summed E-state index contributed by atoms with van der Waals surface area (Å²) in [7, 11) is 0. The molecule has 4 amide bonds. The molecule has 0 radical (unpaired) electrons. The summed E-state index contributed by atoms with van der Waals surface area (Å²) in [5, 5.41) is 11.7. The standard InChI is InChI=1S/C28H47N5O5/c1-7-12-21(26(35)31-22(25(29)34)15-18(3)4)30-17-24(19(5)6)32-27(36)23(33-28(37)38-8-2)16-20-13-10-9-11-14-20/h9-11,13-14,18-19,21-24,30H,7-8,12,15-17H2,1-6H3,(H2,29,34)(H,31,35)(H,32,36)(H,33,37)/t21-,22-,23-,24+/m0/s1. The predicted octanol–water partition coefficient (Wildman–Crippen LogP) is 2.26. The molecule has 0 aliphatic rings. The molecule has 0 aromatic heterocycles. The highest BCUT2D eigenvalue weighted by atomic mass is 16.5. The molecule has 1 rings (SSSR count). The zero-order valence-corrected chi connectivity index (χ0v) is 23.7. The van der Waals surface area contributed by atoms with Crippen molar-refractivity contribution in [1.29, 1.82) is 0 Å². The highest BCUT2D eigenvalue weighted by Crippen LogP contribution is 2.09. The van der Waals surface area contributed by atoms with Gasteiger partial charge in [0.15, 0.2) is 0 Å². The molecule has 0 saturated heterocycles. The van der Waals surface area contributed by atoms with Crippen molar-refractivity contribution in [3.8, 4) is 0 Å². The number of nitrogens with one attached hydrogen (secondary N) is 4. The molecule has 0 aliphatic heterocycles. The van der Waals surface area contributed by atoms with Gasteiger partial charge in [-0.15, -0.1) is 0 Å². The number of hydrogen-bond acceptors (Lipinski definition) is 6. The van der Waals surface area contributed by atoms with Crippen LogP contribution in [0.4, 0.5) is 4.79 Å². The van der Waals surface area contributed by atoms with E-state index in [0.717, 1.165) is 12.0 Å². The Morgan fingerprint density at radius 3 is 2.03 bits per heavy atom. The quantitative estimate of drug-likeness (QED) is 0.207. The fourth-order valence-corrected chi connectivity index (χ4v) is 3.98. The number of alkyl carbamates (subject to hydrolysis) is 1. The number of rotatable bonds is 17. The average Bonchev–Trinajstić information content (AvgIpc) is 2.84. The van der Waals surface area contributed by atoms with Gasteiger partial charge < -0.3 is 31.7 Å². The summed E-state index contributed by atoms with van der Waals surface area (Å²) in [5.74, 6) is -0.970. The van der Waals surface area contributed by atoms with E-state index in [1.54, 1.807) is 6.92 Å². The first kappa shape index (κ1) is 32.9. The van der Waals surface area contributed by atoms with Crippen molar-refractivity contribution >= 4 is 23.8 Å². The molecule has 6 N–H and O–H groups in total. The van der Waals surface area contributed by atoms with Crippen molar-refractivity contribution in [3.05, 3.63) is 35.9 Å². The van der Waals surface area contributed by atoms with Crippen LogP contribution in [0.15, 0.2) is 30.3 Å². The average molecular weight is 534 g/mol. The molecular formula is C28H47N5O5. The summed E-state index contributed by atoms with van der Waals surface area (Å²) in [6.07, 6.45) is 1.40. The Morgan fingerprint density at radius 1 is 0.868 bits per heavy atom. The normalized spacial score (nSPS) is 14.3. The van der Waals surface area contributed by atoms with Crippen LogP contribution in [0.2, 0.25) is 0 Å². The largest absolute Gasteiger partial charge is 0.450 e. The maximum absolute atomic E-state index is 13.3. The van der Waals surface area contributed by atoms with Gasteiger partial charge in [-0.1, -0.05) is 71.4 Å². The Balaban J connectivity index is 2.93. The number of nitrogens with two attached hydrogens (primary N) is 1. The minimum absolute atomic E-state index is 0.0380. The van der Waals surface area contributed by atoms with E-state index in [0.29, 0.717) is 25.8 Å². The van der Waals surface area contributed by atoms with E-state index in [9.17, 15) is 19.2 Å². The van der Waals surface area contributed by atoms with Gasteiger partial charge in [-0.25, -0.2) is 4.79 Å². The van der Waals surface area contributed by atoms with Gasteiger partial charge in [0.2, 0.25) is 17.7 Å². The number of ether oxygens (including phenoxy) is 1. The Bertz CT molecular complexity index is 878. The van der Waals surface area contributed by atoms with Gasteiger partial charge in [0.25, 0.3) is 0 Å². The highest BCUT2D eigenvalue weighted by Gasteiger charge is 2.28. The molecule has 0 aliphatic carbocycles. The van der Waals surface area contributed by atoms with Crippen LogP contribution in [0.3, 0.4) is 0 Å². The summed E-state index contributed by atoms with van der Waals surface area (Å²) < 4.78 is 5.00. The molecule has 0 heterocycles. The summed E-state index contributed by atoms with van der Waals surface area (Å²) in [5.41, 5.74) is 6.40. The molecule has 4 atom stereocenters. The number of carbonyl (C=O) groups excluding carboxylic acids is 4. The first-order chi connectivity index (χ1) is 18.0.